The summed E-state index contributed by atoms with van der Waals surface area (Å²) in [7, 11) is 0. The van der Waals surface area contributed by atoms with Crippen molar-refractivity contribution < 1.29 is 18.8 Å². The van der Waals surface area contributed by atoms with Crippen molar-refractivity contribution in [1.29, 1.82) is 0 Å². The lowest BCUT2D eigenvalue weighted by molar-refractivity contribution is 0.0922. The Hall–Kier alpha value is -1.60. The summed E-state index contributed by atoms with van der Waals surface area (Å²) >= 11 is -1.50. The highest BCUT2D eigenvalue weighted by atomic mass is 32.2. The maximum absolute atomic E-state index is 13.3. The average Bonchev–Trinajstić information content (AvgIpc) is 2.52. The predicted octanol–water partition coefficient (Wildman–Crippen LogP) is 4.88. The van der Waals surface area contributed by atoms with Crippen LogP contribution in [0, 0.1) is 11.2 Å². The van der Waals surface area contributed by atoms with Crippen molar-refractivity contribution in [2.24, 2.45) is 9.81 Å². The van der Waals surface area contributed by atoms with Crippen molar-refractivity contribution in [1.82, 2.24) is 4.90 Å². The fourth-order valence-electron chi connectivity index (χ4n) is 2.27. The smallest absolute Gasteiger partial charge is 0.407 e. The molecule has 1 amide bonds. The summed E-state index contributed by atoms with van der Waals surface area (Å²) in [6.07, 6.45) is -0.715. The van der Waals surface area contributed by atoms with E-state index in [1.165, 1.54) is 17.0 Å². The Labute approximate surface area is 165 Å². The number of halogens is 1. The topological polar surface area (TPSA) is 76.0 Å². The molecule has 1 aromatic rings. The van der Waals surface area contributed by atoms with Crippen molar-refractivity contribution in [2.75, 3.05) is 6.54 Å². The van der Waals surface area contributed by atoms with Gasteiger partial charge in [0.2, 0.25) is 0 Å². The minimum absolute atomic E-state index is 0.211. The Bertz CT molecular complexity index is 663. The number of rotatable bonds is 6. The molecule has 1 N–H and O–H groups in total. The molecule has 5 nitrogen and oxygen atoms in total. The van der Waals surface area contributed by atoms with Crippen molar-refractivity contribution in [3.63, 3.8) is 0 Å². The van der Waals surface area contributed by atoms with Crippen LogP contribution in [0.2, 0.25) is 0 Å². The molecule has 0 unspecified atom stereocenters. The SMILES string of the molecule is C[C@H](N(CCC(=N[S@+]([O-])C(C)(C)C)c1ccc(F)cc1)C(=O)O)C(C)(C)C. The van der Waals surface area contributed by atoms with E-state index in [0.29, 0.717) is 17.7 Å². The van der Waals surface area contributed by atoms with Gasteiger partial charge >= 0.3 is 6.09 Å². The maximum Gasteiger partial charge on any atom is 0.407 e. The average molecular weight is 399 g/mol. The molecule has 1 aromatic carbocycles. The van der Waals surface area contributed by atoms with Gasteiger partial charge in [-0.15, -0.1) is 0 Å². The van der Waals surface area contributed by atoms with Crippen molar-refractivity contribution in [2.45, 2.75) is 65.7 Å². The Balaban J connectivity index is 3.15. The first-order valence-electron chi connectivity index (χ1n) is 8.98. The molecule has 0 aliphatic heterocycles. The quantitative estimate of drug-likeness (QED) is 0.548. The molecule has 0 fully saturated rings. The van der Waals surface area contributed by atoms with Crippen LogP contribution in [0.4, 0.5) is 9.18 Å². The van der Waals surface area contributed by atoms with Crippen LogP contribution in [0.5, 0.6) is 0 Å². The second-order valence-corrected chi connectivity index (χ2v) is 10.6. The van der Waals surface area contributed by atoms with E-state index < -0.39 is 22.2 Å². The molecule has 0 aliphatic rings. The van der Waals surface area contributed by atoms with E-state index in [0.717, 1.165) is 0 Å². The van der Waals surface area contributed by atoms with Gasteiger partial charge in [0.1, 0.15) is 27.6 Å². The summed E-state index contributed by atoms with van der Waals surface area (Å²) in [5, 5.41) is 9.61. The van der Waals surface area contributed by atoms with Crippen molar-refractivity contribution in [3.8, 4) is 0 Å². The highest BCUT2D eigenvalue weighted by Crippen LogP contribution is 2.25. The van der Waals surface area contributed by atoms with E-state index in [-0.39, 0.29) is 23.8 Å². The third kappa shape index (κ3) is 7.14. The maximum atomic E-state index is 13.3. The minimum Gasteiger partial charge on any atom is -0.591 e. The highest BCUT2D eigenvalue weighted by Gasteiger charge is 2.31. The molecule has 7 heteroatoms. The normalized spacial score (nSPS) is 15.4. The molecule has 0 spiro atoms. The van der Waals surface area contributed by atoms with E-state index in [2.05, 4.69) is 4.40 Å². The van der Waals surface area contributed by atoms with E-state index in [1.807, 2.05) is 48.5 Å². The summed E-state index contributed by atoms with van der Waals surface area (Å²) in [6.45, 7) is 13.5. The van der Waals surface area contributed by atoms with E-state index in [1.54, 1.807) is 12.1 Å². The second kappa shape index (κ2) is 9.06. The third-order valence-electron chi connectivity index (χ3n) is 4.45. The fraction of sp³-hybridized carbons (Fsp3) is 0.600. The van der Waals surface area contributed by atoms with Gasteiger partial charge in [-0.2, -0.15) is 0 Å². The molecule has 0 saturated carbocycles. The monoisotopic (exact) mass is 398 g/mol. The molecular weight excluding hydrogens is 367 g/mol. The molecular formula is C20H31FN2O3S. The van der Waals surface area contributed by atoms with Gasteiger partial charge < -0.3 is 14.6 Å². The second-order valence-electron chi connectivity index (χ2n) is 8.67. The molecule has 0 aliphatic carbocycles. The Morgan fingerprint density at radius 1 is 1.22 bits per heavy atom. The lowest BCUT2D eigenvalue weighted by Crippen LogP contribution is -2.46. The number of hydrogen-bond acceptors (Lipinski definition) is 3. The number of nitrogens with zero attached hydrogens (tertiary/aromatic N) is 2. The van der Waals surface area contributed by atoms with Gasteiger partial charge in [-0.1, -0.05) is 37.3 Å². The van der Waals surface area contributed by atoms with Gasteiger partial charge in [0.25, 0.3) is 0 Å². The molecule has 27 heavy (non-hydrogen) atoms. The molecule has 0 saturated heterocycles. The minimum atomic E-state index is -1.50. The van der Waals surface area contributed by atoms with Gasteiger partial charge in [0.05, 0.1) is 0 Å². The summed E-state index contributed by atoms with van der Waals surface area (Å²) in [6, 6.07) is 5.57. The number of carboxylic acid groups (broad SMARTS) is 1. The first-order chi connectivity index (χ1) is 12.2. The lowest BCUT2D eigenvalue weighted by atomic mass is 9.87. The van der Waals surface area contributed by atoms with E-state index >= 15 is 0 Å². The molecule has 0 aromatic heterocycles. The van der Waals surface area contributed by atoms with Gasteiger partial charge in [-0.25, -0.2) is 9.18 Å². The van der Waals surface area contributed by atoms with Crippen LogP contribution in [0.1, 0.15) is 60.5 Å². The number of hydrogen-bond donors (Lipinski definition) is 1. The van der Waals surface area contributed by atoms with Crippen LogP contribution >= 0.6 is 0 Å². The largest absolute Gasteiger partial charge is 0.591 e. The van der Waals surface area contributed by atoms with E-state index in [4.69, 9.17) is 0 Å². The van der Waals surface area contributed by atoms with Crippen molar-refractivity contribution >= 4 is 23.2 Å². The summed E-state index contributed by atoms with van der Waals surface area (Å²) < 4.78 is 29.6. The van der Waals surface area contributed by atoms with Crippen LogP contribution in [-0.2, 0) is 11.4 Å². The summed E-state index contributed by atoms with van der Waals surface area (Å²) in [5.74, 6) is -0.372. The zero-order chi connectivity index (χ0) is 21.0. The standard InChI is InChI=1S/C20H31FN2O3S/c1-14(19(2,3)4)23(18(24)25)13-12-17(22-27(26)20(5,6)7)15-8-10-16(21)11-9-15/h8-11,14H,12-13H2,1-7H3,(H,24,25)/t14-,27+/m0/s1. The Morgan fingerprint density at radius 3 is 2.15 bits per heavy atom. The first-order valence-corrected chi connectivity index (χ1v) is 10.1. The van der Waals surface area contributed by atoms with Crippen molar-refractivity contribution in [3.05, 3.63) is 35.6 Å². The molecule has 2 atom stereocenters. The molecule has 0 heterocycles. The lowest BCUT2D eigenvalue weighted by Gasteiger charge is -2.36. The molecule has 152 valence electrons. The van der Waals surface area contributed by atoms with Gasteiger partial charge in [-0.05, 0) is 45.2 Å². The Morgan fingerprint density at radius 2 is 1.74 bits per heavy atom. The fourth-order valence-corrected chi connectivity index (χ4v) is 2.94. The third-order valence-corrected chi connectivity index (χ3v) is 5.88. The molecule has 1 rings (SSSR count). The Kier molecular flexibility index (Phi) is 7.87. The first kappa shape index (κ1) is 23.4. The van der Waals surface area contributed by atoms with Gasteiger partial charge in [-0.3, -0.25) is 0 Å². The zero-order valence-corrected chi connectivity index (χ0v) is 18.1. The van der Waals surface area contributed by atoms with E-state index in [9.17, 15) is 18.8 Å². The number of carbonyl (C=O) groups is 1. The van der Waals surface area contributed by atoms with Crippen LogP contribution in [0.25, 0.3) is 0 Å². The van der Waals surface area contributed by atoms with Gasteiger partial charge in [0.15, 0.2) is 0 Å². The van der Waals surface area contributed by atoms with Crippen LogP contribution in [0.15, 0.2) is 28.7 Å². The number of benzene rings is 1. The molecule has 0 bridgehead atoms. The van der Waals surface area contributed by atoms with Crippen LogP contribution in [0.3, 0.4) is 0 Å². The summed E-state index contributed by atoms with van der Waals surface area (Å²) in [5.41, 5.74) is 0.929. The summed E-state index contributed by atoms with van der Waals surface area (Å²) in [4.78, 5) is 13.1. The predicted molar refractivity (Wildman–Crippen MR) is 109 cm³/mol. The highest BCUT2D eigenvalue weighted by molar-refractivity contribution is 7.91. The van der Waals surface area contributed by atoms with Crippen LogP contribution < -0.4 is 0 Å². The zero-order valence-electron chi connectivity index (χ0n) is 17.2. The molecule has 0 radical (unpaired) electrons. The number of amides is 1. The van der Waals surface area contributed by atoms with Crippen LogP contribution in [-0.4, -0.2) is 43.7 Å². The van der Waals surface area contributed by atoms with Gasteiger partial charge in [0, 0.05) is 24.6 Å².